The Bertz CT molecular complexity index is 1270. The van der Waals surface area contributed by atoms with Gasteiger partial charge in [0.1, 0.15) is 11.3 Å². The minimum Gasteiger partial charge on any atom is -0.374 e. The Morgan fingerprint density at radius 3 is 2.58 bits per heavy atom. The molecule has 5 rings (SSSR count). The molecule has 162 valence electrons. The van der Waals surface area contributed by atoms with E-state index in [1.165, 1.54) is 0 Å². The van der Waals surface area contributed by atoms with E-state index in [9.17, 15) is 0 Å². The van der Waals surface area contributed by atoms with Gasteiger partial charge in [0.05, 0.1) is 11.2 Å². The molecule has 0 atom stereocenters. The molecule has 3 heterocycles. The number of aromatic nitrogens is 5. The van der Waals surface area contributed by atoms with Crippen LogP contribution in [0.25, 0.3) is 22.2 Å². The van der Waals surface area contributed by atoms with Gasteiger partial charge in [0, 0.05) is 39.4 Å². The van der Waals surface area contributed by atoms with Crippen LogP contribution in [0.3, 0.4) is 0 Å². The quantitative estimate of drug-likeness (QED) is 0.505. The second-order valence-electron chi connectivity index (χ2n) is 8.29. The first-order valence-corrected chi connectivity index (χ1v) is 11.1. The van der Waals surface area contributed by atoms with Gasteiger partial charge in [-0.05, 0) is 40.2 Å². The van der Waals surface area contributed by atoms with Crippen molar-refractivity contribution >= 4 is 33.8 Å². The minimum atomic E-state index is -0.315. The molecular weight excluding hydrogens is 408 g/mol. The Morgan fingerprint density at radius 1 is 1.10 bits per heavy atom. The van der Waals surface area contributed by atoms with E-state index in [0.29, 0.717) is 6.42 Å². The van der Waals surface area contributed by atoms with Gasteiger partial charge in [-0.15, -0.1) is 10.2 Å². The summed E-state index contributed by atoms with van der Waals surface area (Å²) in [7, 11) is 0. The third kappa shape index (κ3) is 3.21. The molecule has 0 bridgehead atoms. The summed E-state index contributed by atoms with van der Waals surface area (Å²) in [5.74, 6) is 1.77. The summed E-state index contributed by atoms with van der Waals surface area (Å²) < 4.78 is 2.17. The highest BCUT2D eigenvalue weighted by Crippen LogP contribution is 2.44. The second kappa shape index (κ2) is 7.68. The smallest absolute Gasteiger partial charge is 0.162 e. The van der Waals surface area contributed by atoms with Crippen molar-refractivity contribution in [1.29, 1.82) is 0 Å². The van der Waals surface area contributed by atoms with Crippen LogP contribution in [0.2, 0.25) is 0 Å². The molecular formula is C24H29ClN6. The van der Waals surface area contributed by atoms with Gasteiger partial charge in [-0.3, -0.25) is 9.67 Å². The third-order valence-electron chi connectivity index (χ3n) is 5.86. The summed E-state index contributed by atoms with van der Waals surface area (Å²) in [6.45, 7) is 14.4. The Hall–Kier alpha value is -2.86. The molecule has 0 radical (unpaired) electrons. The predicted molar refractivity (Wildman–Crippen MR) is 127 cm³/mol. The first-order valence-electron chi connectivity index (χ1n) is 10.7. The van der Waals surface area contributed by atoms with Gasteiger partial charge in [0.2, 0.25) is 0 Å². The van der Waals surface area contributed by atoms with Gasteiger partial charge < -0.3 is 5.32 Å². The molecule has 2 aromatic heterocycles. The van der Waals surface area contributed by atoms with Crippen molar-refractivity contribution in [2.45, 2.75) is 60.4 Å². The van der Waals surface area contributed by atoms with Gasteiger partial charge in [0.15, 0.2) is 5.82 Å². The van der Waals surface area contributed by atoms with Crippen LogP contribution in [-0.4, -0.2) is 25.0 Å². The van der Waals surface area contributed by atoms with E-state index in [4.69, 9.17) is 11.6 Å². The van der Waals surface area contributed by atoms with Gasteiger partial charge in [-0.25, -0.2) is 0 Å². The van der Waals surface area contributed by atoms with Crippen molar-refractivity contribution in [2.75, 3.05) is 0 Å². The Balaban J connectivity index is 0.00000112. The van der Waals surface area contributed by atoms with Crippen LogP contribution < -0.4 is 5.32 Å². The third-order valence-corrected chi connectivity index (χ3v) is 6.20. The number of hydrogen-bond acceptors (Lipinski definition) is 4. The molecule has 2 N–H and O–H groups in total. The Morgan fingerprint density at radius 2 is 1.84 bits per heavy atom. The van der Waals surface area contributed by atoms with E-state index in [-0.39, 0.29) is 5.54 Å². The zero-order valence-electron chi connectivity index (χ0n) is 19.2. The summed E-state index contributed by atoms with van der Waals surface area (Å²) in [6.07, 6.45) is 2.79. The second-order valence-corrected chi connectivity index (χ2v) is 8.70. The molecule has 7 heteroatoms. The van der Waals surface area contributed by atoms with E-state index >= 15 is 0 Å². The van der Waals surface area contributed by atoms with Crippen LogP contribution in [0, 0.1) is 13.8 Å². The van der Waals surface area contributed by atoms with Gasteiger partial charge >= 0.3 is 0 Å². The van der Waals surface area contributed by atoms with E-state index < -0.39 is 0 Å². The topological polar surface area (TPSA) is 71.4 Å². The molecule has 1 aromatic carbocycles. The molecule has 0 saturated heterocycles. The number of aryl methyl sites for hydroxylation is 2. The van der Waals surface area contributed by atoms with Crippen LogP contribution in [0.1, 0.15) is 63.9 Å². The van der Waals surface area contributed by atoms with Crippen LogP contribution >= 0.6 is 11.6 Å². The van der Waals surface area contributed by atoms with Crippen molar-refractivity contribution in [3.63, 3.8) is 0 Å². The fourth-order valence-corrected chi connectivity index (χ4v) is 4.81. The first-order chi connectivity index (χ1) is 14.8. The normalized spacial score (nSPS) is 17.4. The van der Waals surface area contributed by atoms with Crippen LogP contribution in [0.4, 0.5) is 0 Å². The number of rotatable bonds is 1. The number of fused-ring (bicyclic) bond motifs is 3. The number of halogens is 1. The Kier molecular flexibility index (Phi) is 5.30. The lowest BCUT2D eigenvalue weighted by molar-refractivity contribution is 0.397. The molecule has 0 saturated carbocycles. The van der Waals surface area contributed by atoms with E-state index in [0.717, 1.165) is 61.4 Å². The van der Waals surface area contributed by atoms with Crippen LogP contribution in [0.15, 0.2) is 40.6 Å². The SMILES string of the molecule is CC.CC1=C(c2cccc3c(C)[nH]nc23)C(Cl)=CCC2=C1n1c(C)nnc1C(C)(C)N2. The highest BCUT2D eigenvalue weighted by atomic mass is 35.5. The maximum atomic E-state index is 6.87. The van der Waals surface area contributed by atoms with E-state index in [1.54, 1.807) is 0 Å². The lowest BCUT2D eigenvalue weighted by Crippen LogP contribution is -2.43. The predicted octanol–water partition coefficient (Wildman–Crippen LogP) is 5.80. The lowest BCUT2D eigenvalue weighted by Gasteiger charge is -2.35. The highest BCUT2D eigenvalue weighted by Gasteiger charge is 2.37. The van der Waals surface area contributed by atoms with Gasteiger partial charge in [-0.2, -0.15) is 5.10 Å². The number of H-pyrrole nitrogens is 1. The minimum absolute atomic E-state index is 0.315. The number of nitrogens with zero attached hydrogens (tertiary/aromatic N) is 4. The molecule has 0 spiro atoms. The van der Waals surface area contributed by atoms with Gasteiger partial charge in [0.25, 0.3) is 0 Å². The monoisotopic (exact) mass is 436 g/mol. The molecule has 0 amide bonds. The fraction of sp³-hybridized carbons (Fsp3) is 0.375. The van der Waals surface area contributed by atoms with Crippen molar-refractivity contribution in [3.05, 3.63) is 63.5 Å². The lowest BCUT2D eigenvalue weighted by atomic mass is 9.94. The number of aromatic amines is 1. The summed E-state index contributed by atoms with van der Waals surface area (Å²) in [5.41, 5.74) is 6.97. The molecule has 0 unspecified atom stereocenters. The van der Waals surface area contributed by atoms with Crippen molar-refractivity contribution in [1.82, 2.24) is 30.3 Å². The standard InChI is InChI=1S/C22H23ClN6.C2H6/c1-11-18(15-8-6-7-14-12(2)25-27-19(14)15)16(23)9-10-17-20(11)29-13(3)26-28-21(29)22(4,5)24-17;1-2/h6-9,24H,10H2,1-5H3,(H,25,27);1-2H3. The molecule has 3 aromatic rings. The first kappa shape index (κ1) is 21.4. The van der Waals surface area contributed by atoms with E-state index in [2.05, 4.69) is 75.3 Å². The number of hydrogen-bond donors (Lipinski definition) is 2. The van der Waals surface area contributed by atoms with Crippen LogP contribution in [-0.2, 0) is 5.54 Å². The molecule has 1 aliphatic carbocycles. The van der Waals surface area contributed by atoms with Crippen molar-refractivity contribution in [3.8, 4) is 0 Å². The zero-order chi connectivity index (χ0) is 22.5. The van der Waals surface area contributed by atoms with Crippen LogP contribution in [0.5, 0.6) is 0 Å². The number of benzene rings is 1. The molecule has 1 aliphatic heterocycles. The zero-order valence-corrected chi connectivity index (χ0v) is 19.9. The number of allylic oxidation sites excluding steroid dienone is 5. The summed E-state index contributed by atoms with van der Waals surface area (Å²) in [4.78, 5) is 0. The molecule has 2 aliphatic rings. The maximum Gasteiger partial charge on any atom is 0.162 e. The van der Waals surface area contributed by atoms with Gasteiger partial charge in [-0.1, -0.05) is 49.7 Å². The fourth-order valence-electron chi connectivity index (χ4n) is 4.49. The molecule has 6 nitrogen and oxygen atoms in total. The average molecular weight is 437 g/mol. The average Bonchev–Trinajstić information content (AvgIpc) is 3.29. The van der Waals surface area contributed by atoms with Crippen molar-refractivity contribution in [2.24, 2.45) is 0 Å². The molecule has 31 heavy (non-hydrogen) atoms. The summed E-state index contributed by atoms with van der Waals surface area (Å²) in [6, 6.07) is 6.23. The summed E-state index contributed by atoms with van der Waals surface area (Å²) >= 11 is 6.87. The maximum absolute atomic E-state index is 6.87. The number of nitrogens with one attached hydrogen (secondary N) is 2. The largest absolute Gasteiger partial charge is 0.374 e. The van der Waals surface area contributed by atoms with E-state index in [1.807, 2.05) is 27.7 Å². The summed E-state index contributed by atoms with van der Waals surface area (Å²) in [5, 5.41) is 22.0. The highest BCUT2D eigenvalue weighted by molar-refractivity contribution is 6.38. The Labute approximate surface area is 188 Å². The van der Waals surface area contributed by atoms with Crippen molar-refractivity contribution < 1.29 is 0 Å². The molecule has 0 fully saturated rings. The number of para-hydroxylation sites is 1.